The van der Waals surface area contributed by atoms with E-state index in [9.17, 15) is 14.4 Å². The number of rotatable bonds is 41. The molecule has 0 aromatic heterocycles. The van der Waals surface area contributed by atoms with Crippen LogP contribution in [0.5, 0.6) is 0 Å². The zero-order valence-electron chi connectivity index (χ0n) is 37.5. The second-order valence-corrected chi connectivity index (χ2v) is 15.3. The fourth-order valence-corrected chi connectivity index (χ4v) is 6.11. The molecule has 0 bridgehead atoms. The Labute approximate surface area is 356 Å². The standard InChI is InChI=1S/C52H86O6/c1-4-7-10-13-16-19-21-23-24-25-26-27-28-30-31-33-36-39-42-45-51(54)57-48-49(47-56-50(53)44-41-38-35-18-15-12-9-6-3)58-52(55)46-43-40-37-34-32-29-22-20-17-14-11-8-5-2/h7,10,16,19-20,22-24,26-27,30-31,36,39,49H,4-6,8-9,11-15,17-18,21,25,28-29,32-35,37-38,40-48H2,1-3H3/b10-7-,19-16-,22-20-,24-23-,27-26-,31-30-,39-36-. The van der Waals surface area contributed by atoms with E-state index in [0.29, 0.717) is 19.3 Å². The van der Waals surface area contributed by atoms with E-state index >= 15 is 0 Å². The van der Waals surface area contributed by atoms with E-state index in [4.69, 9.17) is 14.2 Å². The van der Waals surface area contributed by atoms with E-state index in [0.717, 1.165) is 89.9 Å². The SMILES string of the molecule is CC/C=C\C/C=C\C/C=C\C/C=C\C/C=C\C/C=C\CCC(=O)OCC(COC(=O)CCCCCCCCCC)OC(=O)CCCCCCC/C=C\CCCCCC. The Hall–Kier alpha value is -3.41. The van der Waals surface area contributed by atoms with Gasteiger partial charge in [0.2, 0.25) is 0 Å². The zero-order valence-corrected chi connectivity index (χ0v) is 37.5. The Morgan fingerprint density at radius 1 is 0.362 bits per heavy atom. The average Bonchev–Trinajstić information content (AvgIpc) is 3.22. The van der Waals surface area contributed by atoms with E-state index in [-0.39, 0.29) is 37.5 Å². The van der Waals surface area contributed by atoms with Crippen LogP contribution in [0.2, 0.25) is 0 Å². The van der Waals surface area contributed by atoms with Crippen molar-refractivity contribution in [1.29, 1.82) is 0 Å². The first-order valence-electron chi connectivity index (χ1n) is 23.6. The highest BCUT2D eigenvalue weighted by molar-refractivity contribution is 5.71. The van der Waals surface area contributed by atoms with Crippen LogP contribution in [-0.2, 0) is 28.6 Å². The molecule has 0 amide bonds. The van der Waals surface area contributed by atoms with Crippen molar-refractivity contribution in [3.05, 3.63) is 85.1 Å². The largest absolute Gasteiger partial charge is 0.462 e. The molecule has 0 saturated heterocycles. The molecule has 0 spiro atoms. The smallest absolute Gasteiger partial charge is 0.306 e. The maximum absolute atomic E-state index is 12.7. The molecule has 0 radical (unpaired) electrons. The van der Waals surface area contributed by atoms with Gasteiger partial charge in [0.1, 0.15) is 13.2 Å². The summed E-state index contributed by atoms with van der Waals surface area (Å²) in [4.78, 5) is 37.7. The molecule has 0 N–H and O–H groups in total. The van der Waals surface area contributed by atoms with Gasteiger partial charge in [-0.25, -0.2) is 0 Å². The molecule has 6 heteroatoms. The number of ether oxygens (including phenoxy) is 3. The highest BCUT2D eigenvalue weighted by Gasteiger charge is 2.19. The highest BCUT2D eigenvalue weighted by atomic mass is 16.6. The first-order chi connectivity index (χ1) is 28.5. The zero-order chi connectivity index (χ0) is 42.3. The molecule has 58 heavy (non-hydrogen) atoms. The first kappa shape index (κ1) is 54.6. The van der Waals surface area contributed by atoms with Crippen molar-refractivity contribution in [2.45, 2.75) is 213 Å². The van der Waals surface area contributed by atoms with Gasteiger partial charge in [-0.05, 0) is 83.5 Å². The summed E-state index contributed by atoms with van der Waals surface area (Å²) in [6, 6.07) is 0. The number of carbonyl (C=O) groups excluding carboxylic acids is 3. The normalized spacial score (nSPS) is 12.8. The molecule has 0 aliphatic carbocycles. The predicted octanol–water partition coefficient (Wildman–Crippen LogP) is 15.3. The molecule has 0 heterocycles. The molecule has 0 aromatic carbocycles. The van der Waals surface area contributed by atoms with Crippen molar-refractivity contribution in [3.8, 4) is 0 Å². The fourth-order valence-electron chi connectivity index (χ4n) is 6.11. The molecule has 1 atom stereocenters. The van der Waals surface area contributed by atoms with Gasteiger partial charge in [0.05, 0.1) is 0 Å². The molecule has 0 fully saturated rings. The summed E-state index contributed by atoms with van der Waals surface area (Å²) in [5.41, 5.74) is 0. The minimum Gasteiger partial charge on any atom is -0.462 e. The Morgan fingerprint density at radius 2 is 0.707 bits per heavy atom. The lowest BCUT2D eigenvalue weighted by molar-refractivity contribution is -0.166. The van der Waals surface area contributed by atoms with Crippen LogP contribution in [0.15, 0.2) is 85.1 Å². The number of esters is 3. The molecule has 0 saturated carbocycles. The quantitative estimate of drug-likeness (QED) is 0.0265. The minimum absolute atomic E-state index is 0.103. The van der Waals surface area contributed by atoms with Crippen molar-refractivity contribution >= 4 is 17.9 Å². The molecule has 0 aliphatic rings. The van der Waals surface area contributed by atoms with Gasteiger partial charge in [0.15, 0.2) is 6.10 Å². The highest BCUT2D eigenvalue weighted by Crippen LogP contribution is 2.13. The molecular formula is C52H86O6. The van der Waals surface area contributed by atoms with Gasteiger partial charge in [0.25, 0.3) is 0 Å². The van der Waals surface area contributed by atoms with Gasteiger partial charge in [-0.2, -0.15) is 0 Å². The molecule has 1 unspecified atom stereocenters. The maximum Gasteiger partial charge on any atom is 0.306 e. The van der Waals surface area contributed by atoms with Crippen molar-refractivity contribution in [2.24, 2.45) is 0 Å². The van der Waals surface area contributed by atoms with E-state index in [1.165, 1.54) is 70.6 Å². The minimum atomic E-state index is -0.807. The Kier molecular flexibility index (Phi) is 43.6. The molecule has 0 aromatic rings. The molecule has 6 nitrogen and oxygen atoms in total. The Bertz CT molecular complexity index is 1160. The van der Waals surface area contributed by atoms with Crippen molar-refractivity contribution < 1.29 is 28.6 Å². The van der Waals surface area contributed by atoms with Gasteiger partial charge in [0, 0.05) is 19.3 Å². The summed E-state index contributed by atoms with van der Waals surface area (Å²) >= 11 is 0. The summed E-state index contributed by atoms with van der Waals surface area (Å²) < 4.78 is 16.6. The third-order valence-electron chi connectivity index (χ3n) is 9.65. The molecule has 0 rings (SSSR count). The van der Waals surface area contributed by atoms with E-state index < -0.39 is 6.10 Å². The summed E-state index contributed by atoms with van der Waals surface area (Å²) in [6.07, 6.45) is 58.7. The lowest BCUT2D eigenvalue weighted by Crippen LogP contribution is -2.30. The summed E-state index contributed by atoms with van der Waals surface area (Å²) in [5, 5.41) is 0. The molecule has 330 valence electrons. The summed E-state index contributed by atoms with van der Waals surface area (Å²) in [7, 11) is 0. The van der Waals surface area contributed by atoms with Gasteiger partial charge in [-0.1, -0.05) is 189 Å². The maximum atomic E-state index is 12.7. The van der Waals surface area contributed by atoms with Crippen LogP contribution >= 0.6 is 0 Å². The predicted molar refractivity (Wildman–Crippen MR) is 247 cm³/mol. The number of carbonyl (C=O) groups is 3. The Balaban J connectivity index is 4.46. The fraction of sp³-hybridized carbons (Fsp3) is 0.673. The summed E-state index contributed by atoms with van der Waals surface area (Å²) in [6.45, 7) is 6.38. The van der Waals surface area contributed by atoms with Gasteiger partial charge < -0.3 is 14.2 Å². The average molecular weight is 807 g/mol. The molecular weight excluding hydrogens is 721 g/mol. The van der Waals surface area contributed by atoms with Crippen LogP contribution in [0.25, 0.3) is 0 Å². The van der Waals surface area contributed by atoms with Crippen molar-refractivity contribution in [3.63, 3.8) is 0 Å². The number of hydrogen-bond acceptors (Lipinski definition) is 6. The van der Waals surface area contributed by atoms with Gasteiger partial charge in [-0.3, -0.25) is 14.4 Å². The van der Waals surface area contributed by atoms with Crippen molar-refractivity contribution in [1.82, 2.24) is 0 Å². The van der Waals surface area contributed by atoms with Crippen LogP contribution in [-0.4, -0.2) is 37.2 Å². The van der Waals surface area contributed by atoms with Crippen LogP contribution < -0.4 is 0 Å². The van der Waals surface area contributed by atoms with Gasteiger partial charge in [-0.15, -0.1) is 0 Å². The third-order valence-corrected chi connectivity index (χ3v) is 9.65. The lowest BCUT2D eigenvalue weighted by Gasteiger charge is -2.18. The lowest BCUT2D eigenvalue weighted by atomic mass is 10.1. The van der Waals surface area contributed by atoms with Crippen LogP contribution in [0.1, 0.15) is 207 Å². The van der Waals surface area contributed by atoms with Crippen LogP contribution in [0, 0.1) is 0 Å². The van der Waals surface area contributed by atoms with Crippen LogP contribution in [0.3, 0.4) is 0 Å². The Morgan fingerprint density at radius 3 is 1.17 bits per heavy atom. The van der Waals surface area contributed by atoms with Crippen molar-refractivity contribution in [2.75, 3.05) is 13.2 Å². The number of unbranched alkanes of at least 4 members (excludes halogenated alkanes) is 16. The van der Waals surface area contributed by atoms with E-state index in [2.05, 4.69) is 93.7 Å². The summed E-state index contributed by atoms with van der Waals surface area (Å²) in [5.74, 6) is -1.01. The number of hydrogen-bond donors (Lipinski definition) is 0. The van der Waals surface area contributed by atoms with Crippen LogP contribution in [0.4, 0.5) is 0 Å². The monoisotopic (exact) mass is 807 g/mol. The van der Waals surface area contributed by atoms with E-state index in [1.807, 2.05) is 12.2 Å². The van der Waals surface area contributed by atoms with E-state index in [1.54, 1.807) is 0 Å². The first-order valence-corrected chi connectivity index (χ1v) is 23.6. The topological polar surface area (TPSA) is 78.9 Å². The molecule has 0 aliphatic heterocycles. The third kappa shape index (κ3) is 43.7. The number of allylic oxidation sites excluding steroid dienone is 14. The van der Waals surface area contributed by atoms with Gasteiger partial charge >= 0.3 is 17.9 Å². The second kappa shape index (κ2) is 46.3. The second-order valence-electron chi connectivity index (χ2n) is 15.3.